The molecule has 0 amide bonds. The molecule has 1 N–H and O–H groups in total. The number of likely N-dealkylation sites (N-methyl/N-ethyl adjacent to an activating group) is 1. The van der Waals surface area contributed by atoms with Gasteiger partial charge < -0.3 is 14.8 Å². The van der Waals surface area contributed by atoms with Gasteiger partial charge in [-0.1, -0.05) is 26.7 Å². The Morgan fingerprint density at radius 1 is 1.37 bits per heavy atom. The van der Waals surface area contributed by atoms with Crippen LogP contribution in [-0.4, -0.2) is 40.1 Å². The second kappa shape index (κ2) is 6.94. The Kier molecular flexibility index (Phi) is 5.25. The molecule has 1 aromatic heterocycles. The van der Waals surface area contributed by atoms with E-state index in [0.29, 0.717) is 12.1 Å². The summed E-state index contributed by atoms with van der Waals surface area (Å²) in [6.07, 6.45) is 9.37. The SMILES string of the molecule is CCN(CC)CC(C)Nc1nccn1C1CCCC1. The van der Waals surface area contributed by atoms with Gasteiger partial charge in [-0.3, -0.25) is 0 Å². The monoisotopic (exact) mass is 264 g/mol. The summed E-state index contributed by atoms with van der Waals surface area (Å²) in [5, 5.41) is 3.58. The van der Waals surface area contributed by atoms with Crippen molar-refractivity contribution in [3.8, 4) is 0 Å². The van der Waals surface area contributed by atoms with E-state index in [-0.39, 0.29) is 0 Å². The van der Waals surface area contributed by atoms with Crippen LogP contribution in [0.15, 0.2) is 12.4 Å². The number of nitrogens with zero attached hydrogens (tertiary/aromatic N) is 3. The lowest BCUT2D eigenvalue weighted by molar-refractivity contribution is 0.294. The van der Waals surface area contributed by atoms with Gasteiger partial charge in [-0.2, -0.15) is 0 Å². The third kappa shape index (κ3) is 3.72. The minimum atomic E-state index is 0.433. The van der Waals surface area contributed by atoms with Crippen molar-refractivity contribution in [1.82, 2.24) is 14.5 Å². The molecule has 2 rings (SSSR count). The molecule has 19 heavy (non-hydrogen) atoms. The lowest BCUT2D eigenvalue weighted by atomic mass is 10.2. The number of hydrogen-bond acceptors (Lipinski definition) is 3. The first-order chi connectivity index (χ1) is 9.24. The van der Waals surface area contributed by atoms with Crippen LogP contribution in [0.1, 0.15) is 52.5 Å². The van der Waals surface area contributed by atoms with Gasteiger partial charge in [0, 0.05) is 31.0 Å². The maximum absolute atomic E-state index is 4.49. The van der Waals surface area contributed by atoms with Gasteiger partial charge in [0.2, 0.25) is 5.95 Å². The summed E-state index contributed by atoms with van der Waals surface area (Å²) in [7, 11) is 0. The van der Waals surface area contributed by atoms with E-state index in [1.54, 1.807) is 0 Å². The van der Waals surface area contributed by atoms with Crippen LogP contribution in [0.2, 0.25) is 0 Å². The highest BCUT2D eigenvalue weighted by molar-refractivity contribution is 5.28. The van der Waals surface area contributed by atoms with E-state index in [9.17, 15) is 0 Å². The maximum Gasteiger partial charge on any atom is 0.203 e. The molecule has 1 fully saturated rings. The Bertz CT molecular complexity index is 364. The highest BCUT2D eigenvalue weighted by atomic mass is 15.2. The Labute approximate surface area is 117 Å². The minimum Gasteiger partial charge on any atom is -0.352 e. The van der Waals surface area contributed by atoms with Crippen LogP contribution in [0.4, 0.5) is 5.95 Å². The van der Waals surface area contributed by atoms with Crippen molar-refractivity contribution in [2.75, 3.05) is 25.0 Å². The van der Waals surface area contributed by atoms with Crippen molar-refractivity contribution in [2.45, 2.75) is 58.5 Å². The molecule has 0 aliphatic heterocycles. The van der Waals surface area contributed by atoms with Crippen molar-refractivity contribution in [3.05, 3.63) is 12.4 Å². The summed E-state index contributed by atoms with van der Waals surface area (Å²) in [6.45, 7) is 9.97. The first-order valence-electron chi connectivity index (χ1n) is 7.76. The summed E-state index contributed by atoms with van der Waals surface area (Å²) < 4.78 is 2.34. The normalized spacial score (nSPS) is 18.1. The van der Waals surface area contributed by atoms with Crippen molar-refractivity contribution in [2.24, 2.45) is 0 Å². The maximum atomic E-state index is 4.49. The molecule has 0 saturated heterocycles. The molecule has 0 radical (unpaired) electrons. The predicted octanol–water partition coefficient (Wildman–Crippen LogP) is 3.14. The minimum absolute atomic E-state index is 0.433. The van der Waals surface area contributed by atoms with Gasteiger partial charge >= 0.3 is 0 Å². The van der Waals surface area contributed by atoms with Crippen molar-refractivity contribution in [3.63, 3.8) is 0 Å². The second-order valence-corrected chi connectivity index (χ2v) is 5.63. The summed E-state index contributed by atoms with van der Waals surface area (Å²) in [5.74, 6) is 1.05. The average Bonchev–Trinajstić information content (AvgIpc) is 3.05. The molecule has 1 aliphatic rings. The van der Waals surface area contributed by atoms with Crippen LogP contribution in [-0.2, 0) is 0 Å². The third-order valence-corrected chi connectivity index (χ3v) is 4.19. The van der Waals surface area contributed by atoms with Crippen LogP contribution in [0, 0.1) is 0 Å². The fourth-order valence-electron chi connectivity index (χ4n) is 3.04. The van der Waals surface area contributed by atoms with E-state index in [1.807, 2.05) is 6.20 Å². The quantitative estimate of drug-likeness (QED) is 0.821. The van der Waals surface area contributed by atoms with E-state index >= 15 is 0 Å². The van der Waals surface area contributed by atoms with Gasteiger partial charge in [-0.25, -0.2) is 4.98 Å². The smallest absolute Gasteiger partial charge is 0.203 e. The summed E-state index contributed by atoms with van der Waals surface area (Å²) >= 11 is 0. The molecule has 1 heterocycles. The van der Waals surface area contributed by atoms with Crippen LogP contribution in [0.25, 0.3) is 0 Å². The van der Waals surface area contributed by atoms with Crippen LogP contribution < -0.4 is 5.32 Å². The van der Waals surface area contributed by atoms with Gasteiger partial charge in [0.1, 0.15) is 0 Å². The van der Waals surface area contributed by atoms with Gasteiger partial charge in [0.25, 0.3) is 0 Å². The first kappa shape index (κ1) is 14.4. The Hall–Kier alpha value is -1.03. The highest BCUT2D eigenvalue weighted by Crippen LogP contribution is 2.31. The van der Waals surface area contributed by atoms with E-state index < -0.39 is 0 Å². The standard InChI is InChI=1S/C15H28N4/c1-4-18(5-2)12-13(3)17-15-16-10-11-19(15)14-8-6-7-9-14/h10-11,13-14H,4-9,12H2,1-3H3,(H,16,17). The fourth-order valence-corrected chi connectivity index (χ4v) is 3.04. The molecule has 4 nitrogen and oxygen atoms in total. The van der Waals surface area contributed by atoms with Crippen molar-refractivity contribution >= 4 is 5.95 Å². The number of aromatic nitrogens is 2. The van der Waals surface area contributed by atoms with Crippen LogP contribution in [0.3, 0.4) is 0 Å². The Balaban J connectivity index is 1.93. The largest absolute Gasteiger partial charge is 0.352 e. The lowest BCUT2D eigenvalue weighted by Crippen LogP contribution is -2.35. The number of anilines is 1. The van der Waals surface area contributed by atoms with Crippen molar-refractivity contribution < 1.29 is 0 Å². The summed E-state index contributed by atoms with van der Waals surface area (Å²) in [4.78, 5) is 6.94. The molecule has 0 bridgehead atoms. The summed E-state index contributed by atoms with van der Waals surface area (Å²) in [6, 6.07) is 1.09. The molecule has 1 atom stereocenters. The molecule has 1 saturated carbocycles. The molecule has 0 aromatic carbocycles. The van der Waals surface area contributed by atoms with Gasteiger partial charge in [-0.05, 0) is 32.9 Å². The van der Waals surface area contributed by atoms with Gasteiger partial charge in [0.05, 0.1) is 0 Å². The Morgan fingerprint density at radius 3 is 2.68 bits per heavy atom. The molecule has 1 unspecified atom stereocenters. The average molecular weight is 264 g/mol. The number of rotatable bonds is 7. The fraction of sp³-hybridized carbons (Fsp3) is 0.800. The zero-order chi connectivity index (χ0) is 13.7. The zero-order valence-corrected chi connectivity index (χ0v) is 12.6. The van der Waals surface area contributed by atoms with Gasteiger partial charge in [0.15, 0.2) is 0 Å². The molecule has 1 aliphatic carbocycles. The molecular formula is C15H28N4. The van der Waals surface area contributed by atoms with Crippen LogP contribution >= 0.6 is 0 Å². The van der Waals surface area contributed by atoms with E-state index in [0.717, 1.165) is 25.6 Å². The first-order valence-corrected chi connectivity index (χ1v) is 7.76. The van der Waals surface area contributed by atoms with E-state index in [4.69, 9.17) is 0 Å². The number of nitrogens with one attached hydrogen (secondary N) is 1. The second-order valence-electron chi connectivity index (χ2n) is 5.63. The van der Waals surface area contributed by atoms with Crippen molar-refractivity contribution in [1.29, 1.82) is 0 Å². The molecule has 4 heteroatoms. The van der Waals surface area contributed by atoms with E-state index in [2.05, 4.69) is 46.7 Å². The third-order valence-electron chi connectivity index (χ3n) is 4.19. The summed E-state index contributed by atoms with van der Waals surface area (Å²) in [5.41, 5.74) is 0. The number of imidazole rings is 1. The molecule has 108 valence electrons. The highest BCUT2D eigenvalue weighted by Gasteiger charge is 2.20. The van der Waals surface area contributed by atoms with E-state index in [1.165, 1.54) is 25.7 Å². The molecule has 1 aromatic rings. The lowest BCUT2D eigenvalue weighted by Gasteiger charge is -2.25. The number of hydrogen-bond donors (Lipinski definition) is 1. The Morgan fingerprint density at radius 2 is 2.05 bits per heavy atom. The topological polar surface area (TPSA) is 33.1 Å². The zero-order valence-electron chi connectivity index (χ0n) is 12.6. The predicted molar refractivity (Wildman–Crippen MR) is 80.6 cm³/mol. The molecular weight excluding hydrogens is 236 g/mol. The molecule has 0 spiro atoms. The van der Waals surface area contributed by atoms with Crippen LogP contribution in [0.5, 0.6) is 0 Å². The van der Waals surface area contributed by atoms with Gasteiger partial charge in [-0.15, -0.1) is 0 Å².